The molecule has 0 saturated heterocycles. The van der Waals surface area contributed by atoms with Crippen molar-refractivity contribution in [2.24, 2.45) is 0 Å². The highest BCUT2D eigenvalue weighted by Crippen LogP contribution is 2.33. The minimum Gasteiger partial charge on any atom is -0.419 e. The number of carbonyl (C=O) groups excluding carboxylic acids is 1. The summed E-state index contributed by atoms with van der Waals surface area (Å²) in [5, 5.41) is 20.0. The zero-order valence-corrected chi connectivity index (χ0v) is 16.3. The summed E-state index contributed by atoms with van der Waals surface area (Å²) >= 11 is 6.17. The van der Waals surface area contributed by atoms with Crippen LogP contribution in [0.3, 0.4) is 0 Å². The lowest BCUT2D eigenvalue weighted by atomic mass is 10.1. The molecule has 3 aromatic rings. The third-order valence-corrected chi connectivity index (χ3v) is 5.11. The molecule has 0 N–H and O–H groups in total. The fourth-order valence-electron chi connectivity index (χ4n) is 3.19. The van der Waals surface area contributed by atoms with Crippen molar-refractivity contribution < 1.29 is 14.1 Å². The molecule has 0 atom stereocenters. The number of hydrogen-bond donors (Lipinski definition) is 0. The lowest BCUT2D eigenvalue weighted by Crippen LogP contribution is -2.33. The Bertz CT molecular complexity index is 1090. The smallest absolute Gasteiger partial charge is 0.285 e. The van der Waals surface area contributed by atoms with E-state index in [1.165, 1.54) is 6.07 Å². The molecule has 4 rings (SSSR count). The van der Waals surface area contributed by atoms with Crippen molar-refractivity contribution >= 4 is 23.2 Å². The van der Waals surface area contributed by atoms with Crippen LogP contribution in [0, 0.1) is 17.0 Å². The SMILES string of the molecule is Cc1cccc(C(=O)N(Cc2nnc(-c3ccccc3Cl)o2)C2CC2)c1[N+](=O)[O-]. The van der Waals surface area contributed by atoms with E-state index in [-0.39, 0.29) is 35.6 Å². The van der Waals surface area contributed by atoms with Gasteiger partial charge >= 0.3 is 0 Å². The Kier molecular flexibility index (Phi) is 5.02. The van der Waals surface area contributed by atoms with Crippen molar-refractivity contribution in [3.05, 3.63) is 74.6 Å². The van der Waals surface area contributed by atoms with Crippen molar-refractivity contribution in [1.29, 1.82) is 0 Å². The van der Waals surface area contributed by atoms with E-state index in [0.29, 0.717) is 16.1 Å². The summed E-state index contributed by atoms with van der Waals surface area (Å²) < 4.78 is 5.71. The monoisotopic (exact) mass is 412 g/mol. The Morgan fingerprint density at radius 2 is 2.00 bits per heavy atom. The number of nitrogens with zero attached hydrogens (tertiary/aromatic N) is 4. The van der Waals surface area contributed by atoms with Crippen molar-refractivity contribution in [2.45, 2.75) is 32.4 Å². The van der Waals surface area contributed by atoms with Gasteiger partial charge in [0, 0.05) is 11.6 Å². The maximum absolute atomic E-state index is 13.1. The minimum absolute atomic E-state index is 0.00159. The third kappa shape index (κ3) is 3.84. The summed E-state index contributed by atoms with van der Waals surface area (Å²) in [5.74, 6) is 0.0891. The predicted octanol–water partition coefficient (Wildman–Crippen LogP) is 4.41. The molecule has 1 aliphatic rings. The largest absolute Gasteiger partial charge is 0.419 e. The number of amides is 1. The average Bonchev–Trinajstić information content (AvgIpc) is 3.43. The molecule has 148 valence electrons. The topological polar surface area (TPSA) is 102 Å². The Balaban J connectivity index is 1.62. The highest BCUT2D eigenvalue weighted by molar-refractivity contribution is 6.33. The van der Waals surface area contributed by atoms with Gasteiger partial charge in [0.2, 0.25) is 11.8 Å². The van der Waals surface area contributed by atoms with E-state index in [0.717, 1.165) is 12.8 Å². The van der Waals surface area contributed by atoms with Gasteiger partial charge in [-0.3, -0.25) is 14.9 Å². The summed E-state index contributed by atoms with van der Waals surface area (Å²) in [6.07, 6.45) is 1.66. The van der Waals surface area contributed by atoms with Crippen molar-refractivity contribution in [1.82, 2.24) is 15.1 Å². The normalized spacial score (nSPS) is 13.3. The molecule has 0 aliphatic heterocycles. The molecule has 0 spiro atoms. The summed E-state index contributed by atoms with van der Waals surface area (Å²) in [6, 6.07) is 11.8. The van der Waals surface area contributed by atoms with E-state index in [1.807, 2.05) is 6.07 Å². The highest BCUT2D eigenvalue weighted by Gasteiger charge is 2.37. The number of para-hydroxylation sites is 1. The number of nitro groups is 1. The second-order valence-electron chi connectivity index (χ2n) is 6.87. The quantitative estimate of drug-likeness (QED) is 0.439. The second-order valence-corrected chi connectivity index (χ2v) is 7.28. The molecular weight excluding hydrogens is 396 g/mol. The van der Waals surface area contributed by atoms with Gasteiger partial charge in [0.05, 0.1) is 22.1 Å². The number of rotatable bonds is 6. The molecule has 1 saturated carbocycles. The van der Waals surface area contributed by atoms with E-state index >= 15 is 0 Å². The molecule has 0 unspecified atom stereocenters. The molecule has 0 radical (unpaired) electrons. The molecule has 1 aromatic heterocycles. The number of aryl methyl sites for hydroxylation is 1. The van der Waals surface area contributed by atoms with Crippen LogP contribution in [0.25, 0.3) is 11.5 Å². The lowest BCUT2D eigenvalue weighted by Gasteiger charge is -2.20. The molecule has 9 heteroatoms. The van der Waals surface area contributed by atoms with Gasteiger partial charge in [-0.25, -0.2) is 0 Å². The van der Waals surface area contributed by atoms with Gasteiger partial charge < -0.3 is 9.32 Å². The summed E-state index contributed by atoms with van der Waals surface area (Å²) in [4.78, 5) is 25.7. The molecule has 1 amide bonds. The zero-order valence-electron chi connectivity index (χ0n) is 15.5. The minimum atomic E-state index is -0.518. The Morgan fingerprint density at radius 3 is 2.69 bits per heavy atom. The van der Waals surface area contributed by atoms with Gasteiger partial charge in [-0.1, -0.05) is 35.9 Å². The first kappa shape index (κ1) is 19.1. The average molecular weight is 413 g/mol. The lowest BCUT2D eigenvalue weighted by molar-refractivity contribution is -0.385. The first-order valence-electron chi connectivity index (χ1n) is 9.08. The van der Waals surface area contributed by atoms with E-state index in [2.05, 4.69) is 10.2 Å². The van der Waals surface area contributed by atoms with E-state index in [9.17, 15) is 14.9 Å². The molecule has 29 heavy (non-hydrogen) atoms. The molecule has 1 aliphatic carbocycles. The van der Waals surface area contributed by atoms with Crippen molar-refractivity contribution in [3.8, 4) is 11.5 Å². The Labute approximate surface area is 171 Å². The van der Waals surface area contributed by atoms with E-state index in [1.54, 1.807) is 42.2 Å². The number of halogens is 1. The number of nitro benzene ring substituents is 1. The highest BCUT2D eigenvalue weighted by atomic mass is 35.5. The van der Waals surface area contributed by atoms with Gasteiger partial charge in [-0.15, -0.1) is 10.2 Å². The molecule has 1 heterocycles. The molecular formula is C20H17ClN4O4. The van der Waals surface area contributed by atoms with Gasteiger partial charge in [0.1, 0.15) is 5.56 Å². The first-order valence-corrected chi connectivity index (χ1v) is 9.45. The fourth-order valence-corrected chi connectivity index (χ4v) is 3.40. The zero-order chi connectivity index (χ0) is 20.5. The van der Waals surface area contributed by atoms with Crippen LogP contribution in [0.5, 0.6) is 0 Å². The maximum atomic E-state index is 13.1. The standard InChI is InChI=1S/C20H17ClN4O4/c1-12-5-4-7-15(18(12)25(27)28)20(26)24(13-9-10-13)11-17-22-23-19(29-17)14-6-2-3-8-16(14)21/h2-8,13H,9-11H2,1H3. The van der Waals surface area contributed by atoms with Crippen LogP contribution in [0.1, 0.15) is 34.7 Å². The van der Waals surface area contributed by atoms with E-state index in [4.69, 9.17) is 16.0 Å². The summed E-state index contributed by atoms with van der Waals surface area (Å²) in [7, 11) is 0. The van der Waals surface area contributed by atoms with Gasteiger partial charge in [0.15, 0.2) is 0 Å². The predicted molar refractivity (Wildman–Crippen MR) is 105 cm³/mol. The van der Waals surface area contributed by atoms with Crippen molar-refractivity contribution in [3.63, 3.8) is 0 Å². The first-order chi connectivity index (χ1) is 14.0. The molecule has 2 aromatic carbocycles. The van der Waals surface area contributed by atoms with E-state index < -0.39 is 10.8 Å². The second kappa shape index (κ2) is 7.63. The van der Waals surface area contributed by atoms with Crippen LogP contribution in [-0.4, -0.2) is 32.0 Å². The Morgan fingerprint density at radius 1 is 1.24 bits per heavy atom. The number of hydrogen-bond acceptors (Lipinski definition) is 6. The number of carbonyl (C=O) groups is 1. The maximum Gasteiger partial charge on any atom is 0.285 e. The van der Waals surface area contributed by atoms with Crippen LogP contribution in [0.15, 0.2) is 46.9 Å². The number of aromatic nitrogens is 2. The summed E-state index contributed by atoms with van der Waals surface area (Å²) in [5.41, 5.74) is 0.931. The number of benzene rings is 2. The van der Waals surface area contributed by atoms with Crippen LogP contribution >= 0.6 is 11.6 Å². The van der Waals surface area contributed by atoms with Gasteiger partial charge in [-0.2, -0.15) is 0 Å². The van der Waals surface area contributed by atoms with Gasteiger partial charge in [-0.05, 0) is 38.0 Å². The fraction of sp³-hybridized carbons (Fsp3) is 0.250. The third-order valence-electron chi connectivity index (χ3n) is 4.78. The summed E-state index contributed by atoms with van der Waals surface area (Å²) in [6.45, 7) is 1.69. The van der Waals surface area contributed by atoms with Crippen LogP contribution in [0.2, 0.25) is 5.02 Å². The van der Waals surface area contributed by atoms with Crippen LogP contribution < -0.4 is 0 Å². The van der Waals surface area contributed by atoms with Crippen LogP contribution in [0.4, 0.5) is 5.69 Å². The van der Waals surface area contributed by atoms with Crippen LogP contribution in [-0.2, 0) is 6.54 Å². The Hall–Kier alpha value is -3.26. The molecule has 0 bridgehead atoms. The van der Waals surface area contributed by atoms with Crippen molar-refractivity contribution in [2.75, 3.05) is 0 Å². The molecule has 1 fully saturated rings. The van der Waals surface area contributed by atoms with Gasteiger partial charge in [0.25, 0.3) is 11.6 Å². The molecule has 8 nitrogen and oxygen atoms in total.